The lowest BCUT2D eigenvalue weighted by molar-refractivity contribution is -0.143. The van der Waals surface area contributed by atoms with E-state index in [1.165, 1.54) is 24.3 Å². The second kappa shape index (κ2) is 5.36. The summed E-state index contributed by atoms with van der Waals surface area (Å²) in [5.74, 6) is -0.902. The third-order valence-corrected chi connectivity index (χ3v) is 4.56. The molecular weight excluding hydrogens is 296 g/mol. The Kier molecular flexibility index (Phi) is 3.91. The van der Waals surface area contributed by atoms with Crippen LogP contribution in [0.4, 0.5) is 10.5 Å². The number of nitrogens with one attached hydrogen (secondary N) is 2. The Hall–Kier alpha value is -2.09. The third-order valence-electron chi connectivity index (χ3n) is 3.43. The van der Waals surface area contributed by atoms with Gasteiger partial charge < -0.3 is 15.7 Å². The Labute approximate surface area is 122 Å². The summed E-state index contributed by atoms with van der Waals surface area (Å²) in [4.78, 5) is 22.8. The number of rotatable bonds is 5. The number of anilines is 1. The van der Waals surface area contributed by atoms with E-state index in [4.69, 9.17) is 5.11 Å². The van der Waals surface area contributed by atoms with Crippen molar-refractivity contribution in [2.75, 3.05) is 18.1 Å². The second-order valence-electron chi connectivity index (χ2n) is 5.19. The monoisotopic (exact) mass is 312 g/mol. The van der Waals surface area contributed by atoms with Crippen LogP contribution in [0, 0.1) is 5.41 Å². The fraction of sp³-hybridized carbons (Fsp3) is 0.385. The lowest BCUT2D eigenvalue weighted by Crippen LogP contribution is -2.36. The molecule has 0 aliphatic heterocycles. The van der Waals surface area contributed by atoms with Crippen LogP contribution in [0.1, 0.15) is 12.8 Å². The molecule has 7 nitrogen and oxygen atoms in total. The van der Waals surface area contributed by atoms with Gasteiger partial charge in [-0.25, -0.2) is 13.2 Å². The summed E-state index contributed by atoms with van der Waals surface area (Å²) in [6.07, 6.45) is 2.22. The summed E-state index contributed by atoms with van der Waals surface area (Å²) >= 11 is 0. The van der Waals surface area contributed by atoms with Crippen LogP contribution in [0.5, 0.6) is 0 Å². The van der Waals surface area contributed by atoms with Crippen molar-refractivity contribution in [2.24, 2.45) is 5.41 Å². The molecule has 114 valence electrons. The predicted molar refractivity (Wildman–Crippen MR) is 75.9 cm³/mol. The first-order valence-electron chi connectivity index (χ1n) is 6.31. The van der Waals surface area contributed by atoms with Crippen LogP contribution in [0.3, 0.4) is 0 Å². The van der Waals surface area contributed by atoms with Gasteiger partial charge in [-0.3, -0.25) is 4.79 Å². The highest BCUT2D eigenvalue weighted by molar-refractivity contribution is 7.90. The number of carboxylic acid groups (broad SMARTS) is 1. The summed E-state index contributed by atoms with van der Waals surface area (Å²) in [5.41, 5.74) is -0.391. The Bertz CT molecular complexity index is 662. The number of hydrogen-bond acceptors (Lipinski definition) is 4. The highest BCUT2D eigenvalue weighted by Crippen LogP contribution is 2.45. The first-order valence-corrected chi connectivity index (χ1v) is 8.20. The molecule has 0 spiro atoms. The minimum Gasteiger partial charge on any atom is -0.481 e. The van der Waals surface area contributed by atoms with Crippen molar-refractivity contribution in [1.82, 2.24) is 5.32 Å². The molecule has 8 heteroatoms. The smallest absolute Gasteiger partial charge is 0.319 e. The molecule has 1 aliphatic rings. The molecule has 0 atom stereocenters. The fourth-order valence-corrected chi connectivity index (χ4v) is 2.46. The number of benzene rings is 1. The topological polar surface area (TPSA) is 113 Å². The van der Waals surface area contributed by atoms with Crippen LogP contribution in [-0.4, -0.2) is 38.3 Å². The maximum atomic E-state index is 11.7. The van der Waals surface area contributed by atoms with E-state index in [2.05, 4.69) is 10.6 Å². The highest BCUT2D eigenvalue weighted by atomic mass is 32.2. The lowest BCUT2D eigenvalue weighted by Gasteiger charge is -2.12. The van der Waals surface area contributed by atoms with E-state index in [-0.39, 0.29) is 11.4 Å². The van der Waals surface area contributed by atoms with E-state index >= 15 is 0 Å². The molecule has 2 rings (SSSR count). The number of urea groups is 1. The van der Waals surface area contributed by atoms with Gasteiger partial charge in [0.05, 0.1) is 10.3 Å². The predicted octanol–water partition coefficient (Wildman–Crippen LogP) is 1.08. The lowest BCUT2D eigenvalue weighted by atomic mass is 10.1. The van der Waals surface area contributed by atoms with Crippen molar-refractivity contribution in [3.05, 3.63) is 24.3 Å². The molecule has 21 heavy (non-hydrogen) atoms. The largest absolute Gasteiger partial charge is 0.481 e. The molecule has 0 radical (unpaired) electrons. The van der Waals surface area contributed by atoms with Gasteiger partial charge in [-0.15, -0.1) is 0 Å². The zero-order valence-electron chi connectivity index (χ0n) is 11.4. The molecule has 1 aliphatic carbocycles. The quantitative estimate of drug-likeness (QED) is 0.753. The third kappa shape index (κ3) is 3.72. The first kappa shape index (κ1) is 15.3. The number of hydrogen-bond donors (Lipinski definition) is 3. The average Bonchev–Trinajstić information content (AvgIpc) is 3.17. The molecule has 0 heterocycles. The van der Waals surface area contributed by atoms with Crippen LogP contribution in [-0.2, 0) is 14.6 Å². The number of carbonyl (C=O) groups excluding carboxylic acids is 1. The van der Waals surface area contributed by atoms with Crippen molar-refractivity contribution in [3.63, 3.8) is 0 Å². The molecule has 2 amide bonds. The van der Waals surface area contributed by atoms with Gasteiger partial charge in [-0.05, 0) is 37.1 Å². The maximum Gasteiger partial charge on any atom is 0.319 e. The Morgan fingerprint density at radius 1 is 1.24 bits per heavy atom. The van der Waals surface area contributed by atoms with E-state index in [1.807, 2.05) is 0 Å². The minimum absolute atomic E-state index is 0.0790. The normalized spacial score (nSPS) is 16.0. The number of aliphatic carboxylic acids is 1. The van der Waals surface area contributed by atoms with Crippen LogP contribution in [0.25, 0.3) is 0 Å². The van der Waals surface area contributed by atoms with Gasteiger partial charge in [0.2, 0.25) is 0 Å². The Balaban J connectivity index is 1.90. The highest BCUT2D eigenvalue weighted by Gasteiger charge is 2.50. The molecular formula is C13H16N2O5S. The van der Waals surface area contributed by atoms with Crippen LogP contribution < -0.4 is 10.6 Å². The van der Waals surface area contributed by atoms with Gasteiger partial charge in [0, 0.05) is 18.5 Å². The van der Waals surface area contributed by atoms with Crippen molar-refractivity contribution in [3.8, 4) is 0 Å². The van der Waals surface area contributed by atoms with Gasteiger partial charge in [-0.2, -0.15) is 0 Å². The molecule has 0 aromatic heterocycles. The fourth-order valence-electron chi connectivity index (χ4n) is 1.83. The van der Waals surface area contributed by atoms with E-state index in [9.17, 15) is 18.0 Å². The first-order chi connectivity index (χ1) is 9.73. The van der Waals surface area contributed by atoms with Crippen LogP contribution in [0.15, 0.2) is 29.2 Å². The van der Waals surface area contributed by atoms with E-state index in [1.54, 1.807) is 0 Å². The van der Waals surface area contributed by atoms with Gasteiger partial charge in [0.25, 0.3) is 0 Å². The van der Waals surface area contributed by atoms with Crippen molar-refractivity contribution >= 4 is 27.5 Å². The number of amides is 2. The Morgan fingerprint density at radius 2 is 1.81 bits per heavy atom. The average molecular weight is 312 g/mol. The van der Waals surface area contributed by atoms with Gasteiger partial charge in [0.1, 0.15) is 0 Å². The maximum absolute atomic E-state index is 11.7. The summed E-state index contributed by atoms with van der Waals surface area (Å²) in [6, 6.07) is 5.21. The van der Waals surface area contributed by atoms with Gasteiger partial charge >= 0.3 is 12.0 Å². The van der Waals surface area contributed by atoms with E-state index < -0.39 is 27.3 Å². The molecule has 1 aromatic carbocycles. The summed E-state index contributed by atoms with van der Waals surface area (Å²) < 4.78 is 22.6. The van der Waals surface area contributed by atoms with Crippen molar-refractivity contribution < 1.29 is 23.1 Å². The second-order valence-corrected chi connectivity index (χ2v) is 7.21. The molecule has 1 fully saturated rings. The van der Waals surface area contributed by atoms with Gasteiger partial charge in [0.15, 0.2) is 9.84 Å². The number of sulfone groups is 1. The van der Waals surface area contributed by atoms with Gasteiger partial charge in [-0.1, -0.05) is 0 Å². The number of carbonyl (C=O) groups is 2. The summed E-state index contributed by atoms with van der Waals surface area (Å²) in [5, 5.41) is 14.0. The molecule has 0 bridgehead atoms. The zero-order chi connectivity index (χ0) is 15.7. The molecule has 3 N–H and O–H groups in total. The number of carboxylic acids is 1. The van der Waals surface area contributed by atoms with E-state index in [0.29, 0.717) is 18.5 Å². The van der Waals surface area contributed by atoms with E-state index in [0.717, 1.165) is 6.26 Å². The standard InChI is InChI=1S/C13H16N2O5S/c1-21(19,20)10-4-2-9(3-5-10)15-12(18)14-8-13(6-7-13)11(16)17/h2-5H,6-8H2,1H3,(H,16,17)(H2,14,15,18). The Morgan fingerprint density at radius 3 is 2.24 bits per heavy atom. The molecule has 1 aromatic rings. The molecule has 1 saturated carbocycles. The van der Waals surface area contributed by atoms with Crippen molar-refractivity contribution in [1.29, 1.82) is 0 Å². The molecule has 0 unspecified atom stereocenters. The van der Waals surface area contributed by atoms with Crippen molar-refractivity contribution in [2.45, 2.75) is 17.7 Å². The summed E-state index contributed by atoms with van der Waals surface area (Å²) in [7, 11) is -3.27. The molecule has 0 saturated heterocycles. The zero-order valence-corrected chi connectivity index (χ0v) is 12.2. The summed E-state index contributed by atoms with van der Waals surface area (Å²) in [6.45, 7) is 0.0790. The van der Waals surface area contributed by atoms with Crippen LogP contribution >= 0.6 is 0 Å². The van der Waals surface area contributed by atoms with Crippen LogP contribution in [0.2, 0.25) is 0 Å². The SMILES string of the molecule is CS(=O)(=O)c1ccc(NC(=O)NCC2(C(=O)O)CC2)cc1. The minimum atomic E-state index is -3.27.